The first-order chi connectivity index (χ1) is 9.63. The molecule has 106 valence electrons. The molecular formula is C13H15N3O2S2. The summed E-state index contributed by atoms with van der Waals surface area (Å²) in [5.74, 6) is -0.803. The van der Waals surface area contributed by atoms with Gasteiger partial charge in [-0.05, 0) is 31.2 Å². The van der Waals surface area contributed by atoms with E-state index in [0.29, 0.717) is 0 Å². The fraction of sp³-hybridized carbons (Fsp3) is 0.462. The zero-order valence-corrected chi connectivity index (χ0v) is 12.7. The molecule has 0 aliphatic heterocycles. The van der Waals surface area contributed by atoms with Crippen LogP contribution < -0.4 is 0 Å². The zero-order chi connectivity index (χ0) is 14.2. The Kier molecular flexibility index (Phi) is 3.64. The molecule has 3 rings (SSSR count). The first kappa shape index (κ1) is 13.8. The Morgan fingerprint density at radius 1 is 1.55 bits per heavy atom. The highest BCUT2D eigenvalue weighted by Crippen LogP contribution is 2.49. The molecule has 0 atom stereocenters. The van der Waals surface area contributed by atoms with E-state index < -0.39 is 5.97 Å². The van der Waals surface area contributed by atoms with Gasteiger partial charge in [0.2, 0.25) is 0 Å². The maximum atomic E-state index is 10.8. The number of rotatable bonds is 6. The van der Waals surface area contributed by atoms with Crippen LogP contribution in [-0.4, -0.2) is 42.4 Å². The van der Waals surface area contributed by atoms with E-state index in [1.807, 2.05) is 23.9 Å². The van der Waals surface area contributed by atoms with E-state index in [0.717, 1.165) is 22.9 Å². The van der Waals surface area contributed by atoms with Crippen LogP contribution in [-0.2, 0) is 11.3 Å². The van der Waals surface area contributed by atoms with Crippen molar-refractivity contribution >= 4 is 40.7 Å². The van der Waals surface area contributed by atoms with Crippen LogP contribution in [0.1, 0.15) is 12.8 Å². The fourth-order valence-corrected chi connectivity index (χ4v) is 3.66. The summed E-state index contributed by atoms with van der Waals surface area (Å²) in [7, 11) is 0. The van der Waals surface area contributed by atoms with E-state index in [1.165, 1.54) is 24.6 Å². The Morgan fingerprint density at radius 2 is 2.35 bits per heavy atom. The molecule has 5 nitrogen and oxygen atoms in total. The fourth-order valence-electron chi connectivity index (χ4n) is 2.17. The van der Waals surface area contributed by atoms with Gasteiger partial charge in [-0.2, -0.15) is 11.8 Å². The second kappa shape index (κ2) is 5.29. The molecule has 0 bridgehead atoms. The number of hydrogen-bond donors (Lipinski definition) is 1. The Morgan fingerprint density at radius 3 is 3.00 bits per heavy atom. The number of aromatic nitrogens is 3. The van der Waals surface area contributed by atoms with Crippen molar-refractivity contribution in [3.05, 3.63) is 18.3 Å². The van der Waals surface area contributed by atoms with Crippen molar-refractivity contribution in [2.75, 3.05) is 12.0 Å². The molecule has 0 unspecified atom stereocenters. The third kappa shape index (κ3) is 2.64. The highest BCUT2D eigenvalue weighted by Gasteiger charge is 2.43. The molecule has 20 heavy (non-hydrogen) atoms. The highest BCUT2D eigenvalue weighted by atomic mass is 32.2. The van der Waals surface area contributed by atoms with Gasteiger partial charge in [0.05, 0.1) is 5.75 Å². The molecule has 1 fully saturated rings. The van der Waals surface area contributed by atoms with Crippen LogP contribution in [0.2, 0.25) is 0 Å². The number of nitrogens with zero attached hydrogens (tertiary/aromatic N) is 3. The van der Waals surface area contributed by atoms with Crippen LogP contribution in [0.4, 0.5) is 0 Å². The van der Waals surface area contributed by atoms with E-state index in [9.17, 15) is 4.79 Å². The summed E-state index contributed by atoms with van der Waals surface area (Å²) in [6, 6.07) is 3.77. The minimum Gasteiger partial charge on any atom is -0.481 e. The third-order valence-corrected chi connectivity index (χ3v) is 5.84. The van der Waals surface area contributed by atoms with Gasteiger partial charge in [-0.3, -0.25) is 4.79 Å². The lowest BCUT2D eigenvalue weighted by Crippen LogP contribution is -2.15. The number of carbonyl (C=O) groups is 1. The van der Waals surface area contributed by atoms with Crippen LogP contribution >= 0.6 is 23.5 Å². The molecule has 2 aromatic rings. The summed E-state index contributed by atoms with van der Waals surface area (Å²) >= 11 is 3.14. The molecule has 2 heterocycles. The molecule has 2 aromatic heterocycles. The predicted molar refractivity (Wildman–Crippen MR) is 81.4 cm³/mol. The minimum absolute atomic E-state index is 0.0234. The van der Waals surface area contributed by atoms with Crippen LogP contribution in [0.3, 0.4) is 0 Å². The average molecular weight is 309 g/mol. The van der Waals surface area contributed by atoms with Gasteiger partial charge >= 0.3 is 5.97 Å². The second-order valence-corrected chi connectivity index (χ2v) is 7.11. The van der Waals surface area contributed by atoms with Gasteiger partial charge in [0.25, 0.3) is 0 Å². The molecule has 0 saturated heterocycles. The van der Waals surface area contributed by atoms with Crippen molar-refractivity contribution in [3.8, 4) is 0 Å². The Bertz CT molecular complexity index is 652. The second-order valence-electron chi connectivity index (χ2n) is 4.90. The molecule has 0 spiro atoms. The third-order valence-electron chi connectivity index (χ3n) is 3.48. The molecule has 1 aliphatic carbocycles. The molecule has 1 aliphatic rings. The van der Waals surface area contributed by atoms with E-state index in [1.54, 1.807) is 6.20 Å². The smallest absolute Gasteiger partial charge is 0.313 e. The molecule has 1 N–H and O–H groups in total. The summed E-state index contributed by atoms with van der Waals surface area (Å²) in [5.41, 5.74) is 1.68. The summed E-state index contributed by atoms with van der Waals surface area (Å²) in [6.07, 6.45) is 6.28. The van der Waals surface area contributed by atoms with Crippen LogP contribution in [0.5, 0.6) is 0 Å². The molecule has 1 saturated carbocycles. The minimum atomic E-state index is -0.826. The zero-order valence-electron chi connectivity index (χ0n) is 11.1. The molecule has 0 amide bonds. The number of imidazole rings is 1. The van der Waals surface area contributed by atoms with E-state index in [4.69, 9.17) is 5.11 Å². The number of thioether (sulfide) groups is 2. The van der Waals surface area contributed by atoms with Crippen LogP contribution in [0.15, 0.2) is 23.5 Å². The molecule has 0 aromatic carbocycles. The van der Waals surface area contributed by atoms with Crippen LogP contribution in [0, 0.1) is 0 Å². The van der Waals surface area contributed by atoms with Crippen molar-refractivity contribution in [1.82, 2.24) is 14.5 Å². The summed E-state index contributed by atoms with van der Waals surface area (Å²) < 4.78 is 2.36. The Hall–Kier alpha value is -1.21. The predicted octanol–water partition coefficient (Wildman–Crippen LogP) is 2.50. The monoisotopic (exact) mass is 309 g/mol. The lowest BCUT2D eigenvalue weighted by atomic mass is 10.4. The summed E-state index contributed by atoms with van der Waals surface area (Å²) in [4.78, 5) is 19.7. The first-order valence-electron chi connectivity index (χ1n) is 6.34. The largest absolute Gasteiger partial charge is 0.481 e. The molecule has 7 heteroatoms. The number of pyridine rings is 1. The van der Waals surface area contributed by atoms with Crippen molar-refractivity contribution < 1.29 is 9.90 Å². The molecular weight excluding hydrogens is 294 g/mol. The lowest BCUT2D eigenvalue weighted by molar-refractivity contribution is -0.133. The van der Waals surface area contributed by atoms with E-state index in [-0.39, 0.29) is 10.5 Å². The van der Waals surface area contributed by atoms with Gasteiger partial charge in [0.1, 0.15) is 5.52 Å². The number of fused-ring (bicyclic) bond motifs is 1. The first-order valence-corrected chi connectivity index (χ1v) is 8.56. The average Bonchev–Trinajstić information content (AvgIpc) is 3.14. The van der Waals surface area contributed by atoms with Crippen molar-refractivity contribution in [1.29, 1.82) is 0 Å². The van der Waals surface area contributed by atoms with Gasteiger partial charge in [-0.25, -0.2) is 9.97 Å². The highest BCUT2D eigenvalue weighted by molar-refractivity contribution is 8.00. The van der Waals surface area contributed by atoms with Gasteiger partial charge in [-0.1, -0.05) is 11.8 Å². The summed E-state index contributed by atoms with van der Waals surface area (Å²) in [6.45, 7) is 0.851. The number of carboxylic acids is 1. The van der Waals surface area contributed by atoms with Gasteiger partial charge in [0.15, 0.2) is 10.8 Å². The van der Waals surface area contributed by atoms with Gasteiger partial charge in [0, 0.05) is 17.5 Å². The Balaban J connectivity index is 1.97. The van der Waals surface area contributed by atoms with E-state index >= 15 is 0 Å². The molecule has 0 radical (unpaired) electrons. The number of carboxylic acid groups (broad SMARTS) is 1. The topological polar surface area (TPSA) is 68.0 Å². The maximum Gasteiger partial charge on any atom is 0.313 e. The lowest BCUT2D eigenvalue weighted by Gasteiger charge is -2.15. The normalized spacial score (nSPS) is 16.4. The van der Waals surface area contributed by atoms with Gasteiger partial charge in [-0.15, -0.1) is 0 Å². The van der Waals surface area contributed by atoms with Crippen molar-refractivity contribution in [2.45, 2.75) is 29.3 Å². The SMILES string of the molecule is CSC1(Cn2c(SCC(=O)O)nc3cccnc32)CC1. The number of hydrogen-bond acceptors (Lipinski definition) is 5. The van der Waals surface area contributed by atoms with Crippen molar-refractivity contribution in [2.24, 2.45) is 0 Å². The standard InChI is InChI=1S/C13H15N3O2S2/c1-19-13(4-5-13)8-16-11-9(3-2-6-14-11)15-12(16)20-7-10(17)18/h2-3,6H,4-5,7-8H2,1H3,(H,17,18). The number of aliphatic carboxylic acids is 1. The maximum absolute atomic E-state index is 10.8. The Labute approximate surface area is 125 Å². The van der Waals surface area contributed by atoms with Crippen LogP contribution in [0.25, 0.3) is 11.2 Å². The van der Waals surface area contributed by atoms with Crippen molar-refractivity contribution in [3.63, 3.8) is 0 Å². The quantitative estimate of drug-likeness (QED) is 0.827. The van der Waals surface area contributed by atoms with E-state index in [2.05, 4.69) is 20.8 Å². The summed E-state index contributed by atoms with van der Waals surface area (Å²) in [5, 5.41) is 9.61. The van der Waals surface area contributed by atoms with Gasteiger partial charge < -0.3 is 9.67 Å².